The molecule has 2 aliphatic heterocycles. The van der Waals surface area contributed by atoms with Crippen LogP contribution >= 0.6 is 0 Å². The molecule has 5 amide bonds. The van der Waals surface area contributed by atoms with Crippen molar-refractivity contribution in [3.63, 3.8) is 0 Å². The highest BCUT2D eigenvalue weighted by atomic mass is 19.1. The van der Waals surface area contributed by atoms with Crippen molar-refractivity contribution in [2.75, 3.05) is 32.1 Å². The van der Waals surface area contributed by atoms with Crippen LogP contribution in [0, 0.1) is 11.7 Å². The van der Waals surface area contributed by atoms with Gasteiger partial charge in [0.25, 0.3) is 11.8 Å². The molecule has 1 spiro atoms. The zero-order chi connectivity index (χ0) is 28.8. The smallest absolute Gasteiger partial charge is 0.331 e. The number of ether oxygens (including phenoxy) is 1. The molecule has 3 heterocycles. The maximum Gasteiger partial charge on any atom is 0.331 e. The normalized spacial score (nSPS) is 17.7. The highest BCUT2D eigenvalue weighted by Gasteiger charge is 2.58. The fraction of sp³-hybridized carbons (Fsp3) is 0.393. The lowest BCUT2D eigenvalue weighted by Crippen LogP contribution is -2.60. The topological polar surface area (TPSA) is 128 Å². The van der Waals surface area contributed by atoms with E-state index in [1.165, 1.54) is 31.2 Å². The molecule has 3 aromatic rings. The van der Waals surface area contributed by atoms with Crippen molar-refractivity contribution in [1.29, 1.82) is 0 Å². The van der Waals surface area contributed by atoms with E-state index in [0.29, 0.717) is 11.4 Å². The van der Waals surface area contributed by atoms with Crippen LogP contribution < -0.4 is 15.0 Å². The lowest BCUT2D eigenvalue weighted by Gasteiger charge is -2.43. The van der Waals surface area contributed by atoms with E-state index in [2.05, 4.69) is 15.5 Å². The van der Waals surface area contributed by atoms with Gasteiger partial charge >= 0.3 is 6.03 Å². The summed E-state index contributed by atoms with van der Waals surface area (Å²) < 4.78 is 19.5. The van der Waals surface area contributed by atoms with Crippen molar-refractivity contribution in [2.24, 2.45) is 5.92 Å². The molecular formula is C28H31FN6O5. The molecule has 0 bridgehead atoms. The first-order valence-corrected chi connectivity index (χ1v) is 13.1. The number of rotatable bonds is 6. The summed E-state index contributed by atoms with van der Waals surface area (Å²) in [4.78, 5) is 57.5. The average Bonchev–Trinajstić information content (AvgIpc) is 3.49. The van der Waals surface area contributed by atoms with Crippen LogP contribution in [0.25, 0.3) is 10.9 Å². The van der Waals surface area contributed by atoms with Gasteiger partial charge in [-0.2, -0.15) is 5.10 Å². The van der Waals surface area contributed by atoms with E-state index >= 15 is 0 Å². The number of likely N-dealkylation sites (N-methyl/N-ethyl adjacent to an activating group) is 1. The summed E-state index contributed by atoms with van der Waals surface area (Å²) in [5.41, 5.74) is 0.0169. The SMILES string of the molecule is COc1ccc(F)c(C(=O)NC(C(=O)N2CCC3(CC2)C(=O)N(C)C(=O)N3c2ccc3[nH]ncc3c2)C(C)C)c1. The van der Waals surface area contributed by atoms with Gasteiger partial charge in [0.15, 0.2) is 0 Å². The van der Waals surface area contributed by atoms with Gasteiger partial charge in [-0.15, -0.1) is 0 Å². The monoisotopic (exact) mass is 550 g/mol. The second-order valence-electron chi connectivity index (χ2n) is 10.5. The number of anilines is 1. The summed E-state index contributed by atoms with van der Waals surface area (Å²) in [6.45, 7) is 3.97. The van der Waals surface area contributed by atoms with Crippen LogP contribution in [-0.4, -0.2) is 82.6 Å². The number of methoxy groups -OCH3 is 1. The molecule has 2 aliphatic rings. The predicted octanol–water partition coefficient (Wildman–Crippen LogP) is 2.92. The molecule has 2 saturated heterocycles. The third-order valence-electron chi connectivity index (χ3n) is 7.83. The number of nitrogens with one attached hydrogen (secondary N) is 2. The van der Waals surface area contributed by atoms with Gasteiger partial charge in [-0.1, -0.05) is 13.8 Å². The van der Waals surface area contributed by atoms with Gasteiger partial charge in [-0.25, -0.2) is 9.18 Å². The number of amides is 5. The van der Waals surface area contributed by atoms with Gasteiger partial charge in [0, 0.05) is 31.2 Å². The average molecular weight is 551 g/mol. The number of aromatic amines is 1. The van der Waals surface area contributed by atoms with Crippen LogP contribution in [0.4, 0.5) is 14.9 Å². The number of fused-ring (bicyclic) bond motifs is 1. The van der Waals surface area contributed by atoms with Crippen LogP contribution in [0.15, 0.2) is 42.6 Å². The molecule has 2 aromatic carbocycles. The third kappa shape index (κ3) is 4.42. The molecule has 0 aliphatic carbocycles. The van der Waals surface area contributed by atoms with Gasteiger partial charge in [0.1, 0.15) is 23.1 Å². The Balaban J connectivity index is 1.35. The van der Waals surface area contributed by atoms with Gasteiger partial charge in [0.05, 0.1) is 24.4 Å². The lowest BCUT2D eigenvalue weighted by molar-refractivity contribution is -0.139. The summed E-state index contributed by atoms with van der Waals surface area (Å²) in [5, 5.41) is 10.4. The Kier molecular flexibility index (Phi) is 6.94. The molecule has 11 nitrogen and oxygen atoms in total. The maximum atomic E-state index is 14.4. The van der Waals surface area contributed by atoms with Gasteiger partial charge in [0.2, 0.25) is 5.91 Å². The van der Waals surface area contributed by atoms with Crippen LogP contribution in [-0.2, 0) is 9.59 Å². The summed E-state index contributed by atoms with van der Waals surface area (Å²) in [5.74, 6) is -2.08. The number of nitrogens with zero attached hydrogens (tertiary/aromatic N) is 4. The summed E-state index contributed by atoms with van der Waals surface area (Å²) in [6, 6.07) is 7.86. The number of carbonyl (C=O) groups is 4. The second kappa shape index (κ2) is 10.2. The largest absolute Gasteiger partial charge is 0.497 e. The van der Waals surface area contributed by atoms with Crippen LogP contribution in [0.2, 0.25) is 0 Å². The van der Waals surface area contributed by atoms with Crippen molar-refractivity contribution in [3.05, 3.63) is 54.0 Å². The molecule has 0 radical (unpaired) electrons. The number of H-pyrrole nitrogens is 1. The number of benzene rings is 2. The number of urea groups is 1. The quantitative estimate of drug-likeness (QED) is 0.455. The van der Waals surface area contributed by atoms with Gasteiger partial charge in [-0.3, -0.25) is 29.3 Å². The second-order valence-corrected chi connectivity index (χ2v) is 10.5. The van der Waals surface area contributed by atoms with E-state index in [9.17, 15) is 23.6 Å². The first-order valence-electron chi connectivity index (χ1n) is 13.1. The zero-order valence-corrected chi connectivity index (χ0v) is 22.7. The number of carbonyl (C=O) groups excluding carboxylic acids is 4. The predicted molar refractivity (Wildman–Crippen MR) is 144 cm³/mol. The molecule has 1 aromatic heterocycles. The standard InChI is InChI=1S/C28H31FN6O5/c1-16(2)23(31-24(36)20-14-19(40-4)6-7-21(20)29)25(37)34-11-9-28(10-12-34)26(38)33(3)27(39)35(28)18-5-8-22-17(13-18)15-30-32-22/h5-8,13-16,23H,9-12H2,1-4H3,(H,30,32)(H,31,36). The first kappa shape index (κ1) is 27.1. The van der Waals surface area contributed by atoms with Crippen LogP contribution in [0.3, 0.4) is 0 Å². The van der Waals surface area contributed by atoms with Crippen LogP contribution in [0.1, 0.15) is 37.0 Å². The lowest BCUT2D eigenvalue weighted by atomic mass is 9.85. The molecule has 210 valence electrons. The molecule has 12 heteroatoms. The molecule has 0 saturated carbocycles. The van der Waals surface area contributed by atoms with Crippen molar-refractivity contribution in [3.8, 4) is 5.75 Å². The number of aromatic nitrogens is 2. The number of likely N-dealkylation sites (tertiary alicyclic amines) is 1. The molecule has 1 unspecified atom stereocenters. The molecule has 5 rings (SSSR count). The van der Waals surface area contributed by atoms with E-state index in [4.69, 9.17) is 4.74 Å². The minimum Gasteiger partial charge on any atom is -0.497 e. The van der Waals surface area contributed by atoms with E-state index in [1.807, 2.05) is 6.07 Å². The molecule has 40 heavy (non-hydrogen) atoms. The van der Waals surface area contributed by atoms with Crippen molar-refractivity contribution >= 4 is 40.3 Å². The minimum absolute atomic E-state index is 0.197. The maximum absolute atomic E-state index is 14.4. The van der Waals surface area contributed by atoms with Gasteiger partial charge in [-0.05, 0) is 55.2 Å². The Labute approximate surface area is 230 Å². The van der Waals surface area contributed by atoms with Crippen LogP contribution in [0.5, 0.6) is 5.75 Å². The zero-order valence-electron chi connectivity index (χ0n) is 22.7. The van der Waals surface area contributed by atoms with E-state index < -0.39 is 29.3 Å². The summed E-state index contributed by atoms with van der Waals surface area (Å²) in [6.07, 6.45) is 2.09. The minimum atomic E-state index is -1.14. The Bertz CT molecular complexity index is 1500. The molecular weight excluding hydrogens is 519 g/mol. The highest BCUT2D eigenvalue weighted by molar-refractivity contribution is 6.17. The fourth-order valence-electron chi connectivity index (χ4n) is 5.52. The first-order chi connectivity index (χ1) is 19.1. The number of hydrogen-bond donors (Lipinski definition) is 2. The van der Waals surface area contributed by atoms with E-state index in [1.54, 1.807) is 37.1 Å². The summed E-state index contributed by atoms with van der Waals surface area (Å²) in [7, 11) is 2.87. The third-order valence-corrected chi connectivity index (χ3v) is 7.83. The van der Waals surface area contributed by atoms with Crippen molar-refractivity contribution < 1.29 is 28.3 Å². The number of hydrogen-bond acceptors (Lipinski definition) is 6. The Hall–Kier alpha value is -4.48. The Morgan fingerprint density at radius 3 is 2.52 bits per heavy atom. The van der Waals surface area contributed by atoms with E-state index in [-0.39, 0.29) is 49.2 Å². The highest BCUT2D eigenvalue weighted by Crippen LogP contribution is 2.41. The summed E-state index contributed by atoms with van der Waals surface area (Å²) >= 11 is 0. The number of imide groups is 1. The molecule has 2 N–H and O–H groups in total. The van der Waals surface area contributed by atoms with Gasteiger partial charge < -0.3 is 15.0 Å². The molecule has 2 fully saturated rings. The fourth-order valence-corrected chi connectivity index (χ4v) is 5.52. The van der Waals surface area contributed by atoms with Crippen molar-refractivity contribution in [2.45, 2.75) is 38.3 Å². The Morgan fingerprint density at radius 1 is 1.12 bits per heavy atom. The number of halogens is 1. The Morgan fingerprint density at radius 2 is 1.85 bits per heavy atom. The van der Waals surface area contributed by atoms with E-state index in [0.717, 1.165) is 21.9 Å². The van der Waals surface area contributed by atoms with Crippen molar-refractivity contribution in [1.82, 2.24) is 25.3 Å². The number of piperidine rings is 1. The molecule has 1 atom stereocenters.